The molecule has 254 valence electrons. The number of rotatable bonds is 27. The van der Waals surface area contributed by atoms with Crippen LogP contribution in [0.1, 0.15) is 169 Å². The second kappa shape index (κ2) is 29.4. The third kappa shape index (κ3) is 23.7. The molecule has 0 fully saturated rings. The standard InChI is InChI=1S/C35H68N2O5S/c1-7-11-15-19-23-27-31(25-21-17-13-9-3)41-33(38)37(35(40)43-30-29-36(5)6)34(39)42-32(26-22-18-14-10-4)28-24-20-16-12-8-2/h31-32H,7-30H2,1-6H3. The lowest BCUT2D eigenvalue weighted by atomic mass is 10.0. The number of unbranched alkanes of at least 4 members (excludes halogenated alkanes) is 14. The van der Waals surface area contributed by atoms with Gasteiger partial charge in [0.2, 0.25) is 0 Å². The van der Waals surface area contributed by atoms with Gasteiger partial charge in [-0.2, -0.15) is 0 Å². The fraction of sp³-hybridized carbons (Fsp3) is 0.914. The first-order valence-corrected chi connectivity index (χ1v) is 18.8. The predicted molar refractivity (Wildman–Crippen MR) is 183 cm³/mol. The Morgan fingerprint density at radius 1 is 0.535 bits per heavy atom. The van der Waals surface area contributed by atoms with E-state index in [1.54, 1.807) is 0 Å². The van der Waals surface area contributed by atoms with Crippen molar-refractivity contribution >= 4 is 29.2 Å². The molecule has 7 nitrogen and oxygen atoms in total. The van der Waals surface area contributed by atoms with E-state index in [9.17, 15) is 14.4 Å². The van der Waals surface area contributed by atoms with Gasteiger partial charge in [-0.3, -0.25) is 4.79 Å². The van der Waals surface area contributed by atoms with Gasteiger partial charge in [0.25, 0.3) is 0 Å². The Morgan fingerprint density at radius 3 is 1.19 bits per heavy atom. The van der Waals surface area contributed by atoms with Crippen molar-refractivity contribution in [2.75, 3.05) is 26.4 Å². The Labute approximate surface area is 270 Å². The molecular weight excluding hydrogens is 560 g/mol. The summed E-state index contributed by atoms with van der Waals surface area (Å²) in [6.45, 7) is 9.40. The maximum Gasteiger partial charge on any atom is 0.427 e. The molecular formula is C35H68N2O5S. The molecule has 0 aliphatic rings. The van der Waals surface area contributed by atoms with Gasteiger partial charge in [0.15, 0.2) is 0 Å². The molecule has 0 saturated heterocycles. The first-order valence-electron chi connectivity index (χ1n) is 17.8. The van der Waals surface area contributed by atoms with E-state index in [2.05, 4.69) is 27.7 Å². The third-order valence-corrected chi connectivity index (χ3v) is 8.68. The molecule has 43 heavy (non-hydrogen) atoms. The lowest BCUT2D eigenvalue weighted by Crippen LogP contribution is -2.43. The molecule has 0 saturated carbocycles. The van der Waals surface area contributed by atoms with E-state index in [1.807, 2.05) is 19.0 Å². The summed E-state index contributed by atoms with van der Waals surface area (Å²) in [5, 5.41) is -0.614. The lowest BCUT2D eigenvalue weighted by Gasteiger charge is -2.25. The summed E-state index contributed by atoms with van der Waals surface area (Å²) in [5.74, 6) is 0.471. The van der Waals surface area contributed by atoms with E-state index in [0.717, 1.165) is 114 Å². The number of ether oxygens (including phenoxy) is 2. The number of hydrogen-bond acceptors (Lipinski definition) is 7. The highest BCUT2D eigenvalue weighted by molar-refractivity contribution is 8.13. The summed E-state index contributed by atoms with van der Waals surface area (Å²) in [7, 11) is 3.86. The van der Waals surface area contributed by atoms with Gasteiger partial charge in [-0.1, -0.05) is 129 Å². The SMILES string of the molecule is CCCCCCCC(CCCCCC)OC(=O)N(C(=O)OC(CCCCCC)CCCCCCC)C(=O)SCCN(C)C. The van der Waals surface area contributed by atoms with Crippen molar-refractivity contribution in [3.8, 4) is 0 Å². The minimum Gasteiger partial charge on any atom is -0.445 e. The average molecular weight is 629 g/mol. The zero-order chi connectivity index (χ0) is 32.1. The molecule has 8 heteroatoms. The third-order valence-electron chi connectivity index (χ3n) is 7.87. The van der Waals surface area contributed by atoms with Crippen LogP contribution in [-0.4, -0.2) is 65.8 Å². The molecule has 0 bridgehead atoms. The summed E-state index contributed by atoms with van der Waals surface area (Å²) < 4.78 is 11.9. The van der Waals surface area contributed by atoms with E-state index in [4.69, 9.17) is 9.47 Å². The van der Waals surface area contributed by atoms with Crippen molar-refractivity contribution in [1.82, 2.24) is 9.80 Å². The predicted octanol–water partition coefficient (Wildman–Crippen LogP) is 11.4. The van der Waals surface area contributed by atoms with Gasteiger partial charge in [0.05, 0.1) is 0 Å². The first kappa shape index (κ1) is 41.7. The zero-order valence-corrected chi connectivity index (χ0v) is 29.8. The van der Waals surface area contributed by atoms with Crippen LogP contribution < -0.4 is 0 Å². The number of imide groups is 3. The summed E-state index contributed by atoms with van der Waals surface area (Å²) in [5.41, 5.74) is 0. The Hall–Kier alpha value is -1.28. The molecule has 0 heterocycles. The maximum absolute atomic E-state index is 13.5. The molecule has 0 aromatic carbocycles. The van der Waals surface area contributed by atoms with Crippen LogP contribution in [0, 0.1) is 0 Å². The van der Waals surface area contributed by atoms with Crippen LogP contribution in [0.2, 0.25) is 0 Å². The number of nitrogens with zero attached hydrogens (tertiary/aromatic N) is 2. The van der Waals surface area contributed by atoms with Crippen LogP contribution in [0.15, 0.2) is 0 Å². The summed E-state index contributed by atoms with van der Waals surface area (Å²) in [4.78, 5) is 43.0. The second-order valence-electron chi connectivity index (χ2n) is 12.4. The smallest absolute Gasteiger partial charge is 0.427 e. The number of amides is 3. The topological polar surface area (TPSA) is 76.1 Å². The fourth-order valence-corrected chi connectivity index (χ4v) is 5.98. The zero-order valence-electron chi connectivity index (χ0n) is 29.0. The first-order chi connectivity index (χ1) is 20.8. The number of carbonyl (C=O) groups is 3. The van der Waals surface area contributed by atoms with E-state index in [1.165, 1.54) is 38.5 Å². The highest BCUT2D eigenvalue weighted by atomic mass is 32.2. The van der Waals surface area contributed by atoms with Crippen molar-refractivity contribution in [2.24, 2.45) is 0 Å². The Kier molecular flexibility index (Phi) is 28.6. The van der Waals surface area contributed by atoms with Gasteiger partial charge in [-0.05, 0) is 65.5 Å². The molecule has 3 amide bonds. The molecule has 0 aromatic heterocycles. The Morgan fingerprint density at radius 2 is 0.860 bits per heavy atom. The Bertz CT molecular complexity index is 647. The molecule has 0 aliphatic heterocycles. The van der Waals surface area contributed by atoms with Gasteiger partial charge in [0, 0.05) is 12.3 Å². The van der Waals surface area contributed by atoms with Crippen molar-refractivity contribution in [2.45, 2.75) is 181 Å². The molecule has 0 radical (unpaired) electrons. The highest BCUT2D eigenvalue weighted by Gasteiger charge is 2.35. The minimum absolute atomic E-state index is 0.302. The molecule has 0 spiro atoms. The van der Waals surface area contributed by atoms with Crippen molar-refractivity contribution in [1.29, 1.82) is 0 Å². The van der Waals surface area contributed by atoms with Crippen LogP contribution in [0.4, 0.5) is 14.4 Å². The molecule has 0 aromatic rings. The summed E-state index contributed by atoms with van der Waals surface area (Å²) in [6, 6.07) is 0. The van der Waals surface area contributed by atoms with Crippen LogP contribution >= 0.6 is 11.8 Å². The monoisotopic (exact) mass is 628 g/mol. The molecule has 0 rings (SSSR count). The Balaban J connectivity index is 5.62. The van der Waals surface area contributed by atoms with Crippen molar-refractivity contribution < 1.29 is 23.9 Å². The highest BCUT2D eigenvalue weighted by Crippen LogP contribution is 2.22. The summed E-state index contributed by atoms with van der Waals surface area (Å²) >= 11 is 0.970. The van der Waals surface area contributed by atoms with Gasteiger partial charge in [0.1, 0.15) is 12.2 Å². The normalized spacial score (nSPS) is 12.7. The van der Waals surface area contributed by atoms with E-state index in [-0.39, 0.29) is 12.2 Å². The molecule has 2 atom stereocenters. The largest absolute Gasteiger partial charge is 0.445 e. The van der Waals surface area contributed by atoms with Crippen LogP contribution in [0.3, 0.4) is 0 Å². The fourth-order valence-electron chi connectivity index (χ4n) is 5.07. The molecule has 0 N–H and O–H groups in total. The van der Waals surface area contributed by atoms with Crippen molar-refractivity contribution in [3.63, 3.8) is 0 Å². The molecule has 0 aliphatic carbocycles. The lowest BCUT2D eigenvalue weighted by molar-refractivity contribution is 0.0394. The van der Waals surface area contributed by atoms with Gasteiger partial charge < -0.3 is 14.4 Å². The van der Waals surface area contributed by atoms with Gasteiger partial charge in [-0.15, -0.1) is 4.90 Å². The minimum atomic E-state index is -0.880. The number of hydrogen-bond donors (Lipinski definition) is 0. The van der Waals surface area contributed by atoms with Gasteiger partial charge >= 0.3 is 17.4 Å². The number of thioether (sulfide) groups is 1. The maximum atomic E-state index is 13.5. The van der Waals surface area contributed by atoms with E-state index < -0.39 is 17.4 Å². The summed E-state index contributed by atoms with van der Waals surface area (Å²) in [6.07, 6.45) is 20.6. The van der Waals surface area contributed by atoms with E-state index >= 15 is 0 Å². The quantitative estimate of drug-likeness (QED) is 0.0837. The molecule has 2 unspecified atom stereocenters. The van der Waals surface area contributed by atoms with Gasteiger partial charge in [-0.25, -0.2) is 9.59 Å². The van der Waals surface area contributed by atoms with Crippen LogP contribution in [0.25, 0.3) is 0 Å². The van der Waals surface area contributed by atoms with Crippen molar-refractivity contribution in [3.05, 3.63) is 0 Å². The van der Waals surface area contributed by atoms with Crippen LogP contribution in [-0.2, 0) is 9.47 Å². The average Bonchev–Trinajstić information content (AvgIpc) is 2.96. The second-order valence-corrected chi connectivity index (χ2v) is 13.4. The van der Waals surface area contributed by atoms with Crippen LogP contribution in [0.5, 0.6) is 0 Å². The van der Waals surface area contributed by atoms with E-state index in [0.29, 0.717) is 17.2 Å². The number of carbonyl (C=O) groups excluding carboxylic acids is 3.